The minimum absolute atomic E-state index is 0.659. The molecule has 0 fully saturated rings. The van der Waals surface area contributed by atoms with Gasteiger partial charge in [0.2, 0.25) is 0 Å². The molecule has 3 aromatic rings. The minimum Gasteiger partial charge on any atom is -0.382 e. The van der Waals surface area contributed by atoms with Crippen LogP contribution in [0.2, 0.25) is 0 Å². The number of benzene rings is 2. The topological polar surface area (TPSA) is 38.0 Å². The van der Waals surface area contributed by atoms with Gasteiger partial charge in [0.25, 0.3) is 0 Å². The van der Waals surface area contributed by atoms with Crippen LogP contribution < -0.4 is 0 Å². The Labute approximate surface area is 130 Å². The van der Waals surface area contributed by atoms with Crippen LogP contribution in [0.3, 0.4) is 0 Å². The summed E-state index contributed by atoms with van der Waals surface area (Å²) < 4.78 is 2.00. The summed E-state index contributed by atoms with van der Waals surface area (Å²) in [5.74, 6) is 0. The molecule has 3 nitrogen and oxygen atoms in total. The van der Waals surface area contributed by atoms with E-state index in [1.165, 1.54) is 11.1 Å². The first-order chi connectivity index (χ1) is 10.6. The lowest BCUT2D eigenvalue weighted by molar-refractivity contribution is 0.210. The molecule has 0 amide bonds. The summed E-state index contributed by atoms with van der Waals surface area (Å²) in [5, 5.41) is 10.6. The van der Waals surface area contributed by atoms with Crippen LogP contribution in [0.4, 0.5) is 0 Å². The zero-order chi connectivity index (χ0) is 15.5. The summed E-state index contributed by atoms with van der Waals surface area (Å²) in [5.41, 5.74) is 5.29. The lowest BCUT2D eigenvalue weighted by Gasteiger charge is -2.15. The van der Waals surface area contributed by atoms with Crippen LogP contribution in [-0.2, 0) is 6.54 Å². The molecule has 1 atom stereocenters. The van der Waals surface area contributed by atoms with Crippen LogP contribution in [0.1, 0.15) is 34.1 Å². The van der Waals surface area contributed by atoms with Crippen molar-refractivity contribution in [3.63, 3.8) is 0 Å². The van der Waals surface area contributed by atoms with Gasteiger partial charge in [-0.1, -0.05) is 59.7 Å². The predicted molar refractivity (Wildman–Crippen MR) is 87.7 cm³/mol. The highest BCUT2D eigenvalue weighted by Crippen LogP contribution is 2.23. The second kappa shape index (κ2) is 6.16. The molecular formula is C19H20N2O. The van der Waals surface area contributed by atoms with Crippen molar-refractivity contribution in [1.29, 1.82) is 0 Å². The Morgan fingerprint density at radius 2 is 1.82 bits per heavy atom. The third kappa shape index (κ3) is 3.10. The lowest BCUT2D eigenvalue weighted by Crippen LogP contribution is -2.09. The van der Waals surface area contributed by atoms with Crippen molar-refractivity contribution in [3.05, 3.63) is 89.0 Å². The lowest BCUT2D eigenvalue weighted by atomic mass is 10.0. The van der Waals surface area contributed by atoms with Gasteiger partial charge in [-0.25, -0.2) is 4.98 Å². The molecule has 0 radical (unpaired) electrons. The van der Waals surface area contributed by atoms with Crippen LogP contribution in [-0.4, -0.2) is 14.7 Å². The van der Waals surface area contributed by atoms with Gasteiger partial charge < -0.3 is 9.67 Å². The fraction of sp³-hybridized carbons (Fsp3) is 0.211. The van der Waals surface area contributed by atoms with Crippen LogP contribution in [0.25, 0.3) is 0 Å². The van der Waals surface area contributed by atoms with Gasteiger partial charge in [-0.2, -0.15) is 0 Å². The van der Waals surface area contributed by atoms with Crippen molar-refractivity contribution in [2.24, 2.45) is 0 Å². The average molecular weight is 292 g/mol. The highest BCUT2D eigenvalue weighted by Gasteiger charge is 2.15. The Kier molecular flexibility index (Phi) is 4.07. The molecule has 3 heteroatoms. The van der Waals surface area contributed by atoms with Crippen molar-refractivity contribution >= 4 is 0 Å². The summed E-state index contributed by atoms with van der Waals surface area (Å²) in [6, 6.07) is 16.4. The minimum atomic E-state index is -0.659. The molecule has 0 aliphatic heterocycles. The molecule has 1 aromatic heterocycles. The van der Waals surface area contributed by atoms with Gasteiger partial charge in [-0.15, -0.1) is 0 Å². The Hall–Kier alpha value is -2.39. The maximum atomic E-state index is 10.6. The molecular weight excluding hydrogens is 272 g/mol. The number of nitrogens with zero attached hydrogens (tertiary/aromatic N) is 2. The fourth-order valence-electron chi connectivity index (χ4n) is 2.59. The summed E-state index contributed by atoms with van der Waals surface area (Å²) in [4.78, 5) is 4.21. The first-order valence-corrected chi connectivity index (χ1v) is 7.43. The summed E-state index contributed by atoms with van der Waals surface area (Å²) in [6.07, 6.45) is 2.85. The van der Waals surface area contributed by atoms with E-state index in [0.29, 0.717) is 6.54 Å². The number of aliphatic hydroxyl groups excluding tert-OH is 1. The summed E-state index contributed by atoms with van der Waals surface area (Å²) in [6.45, 7) is 4.81. The van der Waals surface area contributed by atoms with E-state index < -0.39 is 6.10 Å². The van der Waals surface area contributed by atoms with E-state index in [-0.39, 0.29) is 0 Å². The fourth-order valence-corrected chi connectivity index (χ4v) is 2.59. The van der Waals surface area contributed by atoms with Gasteiger partial charge >= 0.3 is 0 Å². The number of aliphatic hydroxyl groups is 1. The Bertz CT molecular complexity index is 759. The average Bonchev–Trinajstić information content (AvgIpc) is 2.97. The van der Waals surface area contributed by atoms with E-state index in [9.17, 15) is 5.11 Å². The van der Waals surface area contributed by atoms with E-state index in [1.807, 2.05) is 35.8 Å². The molecule has 0 bridgehead atoms. The normalized spacial score (nSPS) is 12.3. The van der Waals surface area contributed by atoms with Crippen molar-refractivity contribution in [2.45, 2.75) is 26.5 Å². The summed E-state index contributed by atoms with van der Waals surface area (Å²) >= 11 is 0. The highest BCUT2D eigenvalue weighted by molar-refractivity contribution is 5.29. The molecule has 0 saturated heterocycles. The number of hydrogen-bond donors (Lipinski definition) is 1. The van der Waals surface area contributed by atoms with Crippen LogP contribution in [0.15, 0.2) is 61.1 Å². The number of rotatable bonds is 4. The van der Waals surface area contributed by atoms with E-state index in [4.69, 9.17) is 0 Å². The number of aromatic nitrogens is 2. The molecule has 0 saturated carbocycles. The van der Waals surface area contributed by atoms with Crippen molar-refractivity contribution in [2.75, 3.05) is 0 Å². The number of hydrogen-bond acceptors (Lipinski definition) is 2. The van der Waals surface area contributed by atoms with E-state index in [2.05, 4.69) is 36.2 Å². The standard InChI is InChI=1S/C19H20N2O/c1-14-6-8-16(9-7-14)12-21-13-20-11-18(21)19(22)17-5-3-4-15(2)10-17/h3-11,13,19,22H,12H2,1-2H3. The zero-order valence-corrected chi connectivity index (χ0v) is 12.9. The molecule has 1 N–H and O–H groups in total. The van der Waals surface area contributed by atoms with Gasteiger partial charge in [-0.05, 0) is 25.0 Å². The highest BCUT2D eigenvalue weighted by atomic mass is 16.3. The Morgan fingerprint density at radius 1 is 1.05 bits per heavy atom. The van der Waals surface area contributed by atoms with Crippen LogP contribution in [0, 0.1) is 13.8 Å². The second-order valence-electron chi connectivity index (χ2n) is 5.75. The molecule has 0 spiro atoms. The van der Waals surface area contributed by atoms with Crippen LogP contribution >= 0.6 is 0 Å². The molecule has 2 aromatic carbocycles. The maximum Gasteiger partial charge on any atom is 0.121 e. The zero-order valence-electron chi connectivity index (χ0n) is 12.9. The molecule has 22 heavy (non-hydrogen) atoms. The van der Waals surface area contributed by atoms with Gasteiger partial charge in [-0.3, -0.25) is 0 Å². The van der Waals surface area contributed by atoms with Gasteiger partial charge in [0, 0.05) is 6.54 Å². The first kappa shape index (κ1) is 14.5. The Morgan fingerprint density at radius 3 is 2.55 bits per heavy atom. The SMILES string of the molecule is Cc1ccc(Cn2cncc2C(O)c2cccc(C)c2)cc1. The molecule has 0 aliphatic carbocycles. The smallest absolute Gasteiger partial charge is 0.121 e. The van der Waals surface area contributed by atoms with E-state index in [0.717, 1.165) is 16.8 Å². The predicted octanol–water partition coefficient (Wildman–Crippen LogP) is 3.63. The molecule has 112 valence electrons. The van der Waals surface area contributed by atoms with Gasteiger partial charge in [0.1, 0.15) is 6.10 Å². The molecule has 0 aliphatic rings. The van der Waals surface area contributed by atoms with Gasteiger partial charge in [0.15, 0.2) is 0 Å². The molecule has 1 unspecified atom stereocenters. The van der Waals surface area contributed by atoms with Crippen molar-refractivity contribution in [1.82, 2.24) is 9.55 Å². The monoisotopic (exact) mass is 292 g/mol. The van der Waals surface area contributed by atoms with Crippen LogP contribution in [0.5, 0.6) is 0 Å². The maximum absolute atomic E-state index is 10.6. The largest absolute Gasteiger partial charge is 0.382 e. The Balaban J connectivity index is 1.86. The molecule has 1 heterocycles. The third-order valence-electron chi connectivity index (χ3n) is 3.86. The van der Waals surface area contributed by atoms with Crippen molar-refractivity contribution in [3.8, 4) is 0 Å². The summed E-state index contributed by atoms with van der Waals surface area (Å²) in [7, 11) is 0. The quantitative estimate of drug-likeness (QED) is 0.797. The second-order valence-corrected chi connectivity index (χ2v) is 5.75. The van der Waals surface area contributed by atoms with E-state index in [1.54, 1.807) is 12.5 Å². The van der Waals surface area contributed by atoms with Crippen molar-refractivity contribution < 1.29 is 5.11 Å². The number of imidazole rings is 1. The van der Waals surface area contributed by atoms with E-state index >= 15 is 0 Å². The number of aryl methyl sites for hydroxylation is 2. The first-order valence-electron chi connectivity index (χ1n) is 7.43. The molecule has 3 rings (SSSR count). The third-order valence-corrected chi connectivity index (χ3v) is 3.86. The van der Waals surface area contributed by atoms with Gasteiger partial charge in [0.05, 0.1) is 18.2 Å².